The van der Waals surface area contributed by atoms with Crippen LogP contribution in [0.15, 0.2) is 12.2 Å². The third kappa shape index (κ3) is 29.7. The van der Waals surface area contributed by atoms with Crippen molar-refractivity contribution in [3.05, 3.63) is 12.2 Å². The van der Waals surface area contributed by atoms with E-state index in [-0.39, 0.29) is 12.3 Å². The third-order valence-electron chi connectivity index (χ3n) is 18.6. The van der Waals surface area contributed by atoms with E-state index >= 15 is 0 Å². The van der Waals surface area contributed by atoms with Gasteiger partial charge in [-0.25, -0.2) is 0 Å². The predicted molar refractivity (Wildman–Crippen MR) is 345 cm³/mol. The van der Waals surface area contributed by atoms with Crippen molar-refractivity contribution in [2.75, 3.05) is 33.0 Å². The largest absolute Gasteiger partial charge is 0.394 e. The number of carbonyl (C=O) groups is 2. The zero-order valence-corrected chi connectivity index (χ0v) is 56.3. The van der Waals surface area contributed by atoms with Gasteiger partial charge in [0.25, 0.3) is 0 Å². The van der Waals surface area contributed by atoms with E-state index in [1.807, 2.05) is 6.08 Å². The van der Waals surface area contributed by atoms with E-state index in [0.29, 0.717) is 12.8 Å². The first-order valence-corrected chi connectivity index (χ1v) is 35.9. The molecular weight excluding hydrogens is 1210 g/mol. The molecule has 4 heterocycles. The Hall–Kier alpha value is -2.16. The van der Waals surface area contributed by atoms with Crippen LogP contribution < -0.4 is 10.6 Å². The van der Waals surface area contributed by atoms with Gasteiger partial charge in [0, 0.05) is 13.3 Å². The highest BCUT2D eigenvalue weighted by Crippen LogP contribution is 2.35. The summed E-state index contributed by atoms with van der Waals surface area (Å²) in [4.78, 5) is 25.6. The quantitative estimate of drug-likeness (QED) is 0.0301. The molecular formula is C68H126N2O23. The van der Waals surface area contributed by atoms with Gasteiger partial charge in [-0.15, -0.1) is 0 Å². The van der Waals surface area contributed by atoms with Crippen molar-refractivity contribution >= 4 is 11.8 Å². The van der Waals surface area contributed by atoms with Gasteiger partial charge in [0.2, 0.25) is 11.8 Å². The van der Waals surface area contributed by atoms with Gasteiger partial charge in [0.1, 0.15) is 97.6 Å². The number of ether oxygens (including phenoxy) is 8. The number of hydrogen-bond acceptors (Lipinski definition) is 23. The van der Waals surface area contributed by atoms with E-state index in [2.05, 4.69) is 24.5 Å². The summed E-state index contributed by atoms with van der Waals surface area (Å²) >= 11 is 0. The fraction of sp³-hybridized carbons (Fsp3) is 0.941. The topological polar surface area (TPSA) is 395 Å². The standard InChI is InChI=1S/C68H126N2O23/c1-4-6-8-10-12-14-16-18-19-20-21-22-23-24-25-27-29-31-33-35-37-39-52(77)70-46(47(76)38-36-34-32-30-28-26-17-15-13-11-9-7-5-2)44-86-66-59(83)58(82)62(51(43-74)90-66)91-67-61(85)64(56(80)50(42-73)88-67)93-68-60(84)63(55(79)49(41-72)89-68)92-65-53(69-45(3)75)57(81)54(78)48(40-71)87-65/h36,38,46-51,53-68,71-74,76,78-85H,4-35,37,39-44H2,1-3H3,(H,69,75)(H,70,77)/b38-36+/t46-,47+,48?,49?,50?,51?,53?,54+,55-,56-,57+,58+,59?,60?,61?,62+,63-,64-,65-,66+,67-,68+/m0/s1. The average molecular weight is 1340 g/mol. The minimum absolute atomic E-state index is 0.213. The second kappa shape index (κ2) is 48.6. The lowest BCUT2D eigenvalue weighted by molar-refractivity contribution is -0.387. The van der Waals surface area contributed by atoms with Crippen LogP contribution in [0, 0.1) is 0 Å². The molecule has 93 heavy (non-hydrogen) atoms. The minimum atomic E-state index is -2.11. The Bertz CT molecular complexity index is 1930. The van der Waals surface area contributed by atoms with Crippen LogP contribution in [-0.4, -0.2) is 246 Å². The fourth-order valence-corrected chi connectivity index (χ4v) is 12.8. The monoisotopic (exact) mass is 1340 g/mol. The molecule has 0 aromatic heterocycles. The third-order valence-corrected chi connectivity index (χ3v) is 18.6. The molecule has 22 atom stereocenters. The summed E-state index contributed by atoms with van der Waals surface area (Å²) in [6.45, 7) is 1.60. The summed E-state index contributed by atoms with van der Waals surface area (Å²) in [6, 6.07) is -2.55. The second-order valence-corrected chi connectivity index (χ2v) is 26.4. The van der Waals surface area contributed by atoms with Crippen LogP contribution in [0.3, 0.4) is 0 Å². The Morgan fingerprint density at radius 3 is 1.20 bits per heavy atom. The molecule has 0 radical (unpaired) electrons. The molecule has 0 aromatic rings. The normalized spacial score (nSPS) is 32.4. The van der Waals surface area contributed by atoms with Gasteiger partial charge in [-0.2, -0.15) is 0 Å². The van der Waals surface area contributed by atoms with Crippen molar-refractivity contribution in [2.45, 2.75) is 374 Å². The van der Waals surface area contributed by atoms with Gasteiger partial charge in [-0.05, 0) is 19.3 Å². The molecule has 546 valence electrons. The van der Waals surface area contributed by atoms with Gasteiger partial charge in [0.05, 0.1) is 45.2 Å². The van der Waals surface area contributed by atoms with Crippen LogP contribution in [0.2, 0.25) is 0 Å². The molecule has 0 saturated carbocycles. The van der Waals surface area contributed by atoms with E-state index in [4.69, 9.17) is 37.9 Å². The zero-order valence-electron chi connectivity index (χ0n) is 56.3. The zero-order chi connectivity index (χ0) is 67.9. The smallest absolute Gasteiger partial charge is 0.220 e. The lowest BCUT2D eigenvalue weighted by Crippen LogP contribution is -2.69. The molecule has 15 N–H and O–H groups in total. The summed E-state index contributed by atoms with van der Waals surface area (Å²) in [5.74, 6) is -1.01. The maximum Gasteiger partial charge on any atom is 0.220 e. The summed E-state index contributed by atoms with van der Waals surface area (Å²) in [6.07, 6.45) is 7.96. The maximum atomic E-state index is 13.5. The molecule has 0 spiro atoms. The summed E-state index contributed by atoms with van der Waals surface area (Å²) in [5, 5.41) is 148. The molecule has 4 aliphatic heterocycles. The van der Waals surface area contributed by atoms with Crippen molar-refractivity contribution in [2.24, 2.45) is 0 Å². The summed E-state index contributed by atoms with van der Waals surface area (Å²) < 4.78 is 46.6. The Morgan fingerprint density at radius 2 is 0.785 bits per heavy atom. The molecule has 25 heteroatoms. The van der Waals surface area contributed by atoms with Crippen molar-refractivity contribution in [3.8, 4) is 0 Å². The van der Waals surface area contributed by atoms with E-state index < -0.39 is 174 Å². The lowest BCUT2D eigenvalue weighted by Gasteiger charge is -2.49. The fourth-order valence-electron chi connectivity index (χ4n) is 12.8. The van der Waals surface area contributed by atoms with E-state index in [1.165, 1.54) is 154 Å². The summed E-state index contributed by atoms with van der Waals surface area (Å²) in [5.41, 5.74) is 0. The van der Waals surface area contributed by atoms with Gasteiger partial charge < -0.3 is 115 Å². The molecule has 4 rings (SSSR count). The lowest BCUT2D eigenvalue weighted by atomic mass is 9.95. The van der Waals surface area contributed by atoms with Crippen LogP contribution >= 0.6 is 0 Å². The average Bonchev–Trinajstić information content (AvgIpc) is 0.794. The molecule has 8 unspecified atom stereocenters. The molecule has 4 fully saturated rings. The van der Waals surface area contributed by atoms with Gasteiger partial charge in [0.15, 0.2) is 25.2 Å². The molecule has 2 amide bonds. The van der Waals surface area contributed by atoms with Gasteiger partial charge in [-0.3, -0.25) is 9.59 Å². The Labute approximate surface area is 553 Å². The van der Waals surface area contributed by atoms with Gasteiger partial charge >= 0.3 is 0 Å². The molecule has 4 aliphatic rings. The first-order valence-electron chi connectivity index (χ1n) is 35.9. The number of aliphatic hydroxyl groups is 13. The molecule has 25 nitrogen and oxygen atoms in total. The highest BCUT2D eigenvalue weighted by molar-refractivity contribution is 5.76. The number of hydrogen-bond donors (Lipinski definition) is 15. The van der Waals surface area contributed by atoms with Crippen molar-refractivity contribution < 1.29 is 114 Å². The first-order chi connectivity index (χ1) is 45.0. The number of nitrogens with one attached hydrogen (secondary N) is 2. The van der Waals surface area contributed by atoms with Crippen LogP contribution in [0.4, 0.5) is 0 Å². The van der Waals surface area contributed by atoms with Crippen LogP contribution in [0.5, 0.6) is 0 Å². The second-order valence-electron chi connectivity index (χ2n) is 26.4. The van der Waals surface area contributed by atoms with Crippen LogP contribution in [0.25, 0.3) is 0 Å². The number of unbranched alkanes of at least 4 members (excludes halogenated alkanes) is 31. The Balaban J connectivity index is 1.32. The first kappa shape index (κ1) is 83.3. The van der Waals surface area contributed by atoms with Crippen molar-refractivity contribution in [1.29, 1.82) is 0 Å². The Kier molecular flexibility index (Phi) is 43.5. The van der Waals surface area contributed by atoms with E-state index in [9.17, 15) is 76.0 Å². The molecule has 4 saturated heterocycles. The number of amides is 2. The maximum absolute atomic E-state index is 13.5. The van der Waals surface area contributed by atoms with Gasteiger partial charge in [-0.1, -0.05) is 219 Å². The number of carbonyl (C=O) groups excluding carboxylic acids is 2. The van der Waals surface area contributed by atoms with Crippen molar-refractivity contribution in [3.63, 3.8) is 0 Å². The highest BCUT2D eigenvalue weighted by Gasteiger charge is 2.56. The molecule has 0 aromatic carbocycles. The van der Waals surface area contributed by atoms with Crippen LogP contribution in [0.1, 0.15) is 239 Å². The number of allylic oxidation sites excluding steroid dienone is 1. The Morgan fingerprint density at radius 1 is 0.419 bits per heavy atom. The minimum Gasteiger partial charge on any atom is -0.394 e. The number of aliphatic hydroxyl groups excluding tert-OH is 13. The van der Waals surface area contributed by atoms with E-state index in [1.54, 1.807) is 6.08 Å². The highest BCUT2D eigenvalue weighted by atomic mass is 16.8. The van der Waals surface area contributed by atoms with E-state index in [0.717, 1.165) is 51.9 Å². The number of rotatable bonds is 51. The molecule has 0 bridgehead atoms. The SMILES string of the molecule is CCCCCCCCCCCCC/C=C/[C@@H](O)[C@H](CO[C@@H]1OC(CO)[C@@H](O[C@@H]2OC(CO)[C@H](O)[C@H](O[C@H]3OC(CO)[C@H](O)[C@H](O[C@@H]4OC(CO)[C@@H](O)[C@H](O)C4NC(C)=O)C3O)C2O)[C@H](O)C1O)NC(=O)CCCCCCCCCCCCCCCCCCCCCCC. The predicted octanol–water partition coefficient (Wildman–Crippen LogP) is 4.12. The summed E-state index contributed by atoms with van der Waals surface area (Å²) in [7, 11) is 0. The molecule has 0 aliphatic carbocycles. The van der Waals surface area contributed by atoms with Crippen LogP contribution in [-0.2, 0) is 47.5 Å². The van der Waals surface area contributed by atoms with Crippen molar-refractivity contribution in [1.82, 2.24) is 10.6 Å².